The average molecular weight is 140 g/mol. The molecule has 0 aromatic heterocycles. The Kier molecular flexibility index (Phi) is 2.22. The van der Waals surface area contributed by atoms with Crippen molar-refractivity contribution in [3.63, 3.8) is 0 Å². The molecule has 2 nitrogen and oxygen atoms in total. The van der Waals surface area contributed by atoms with Gasteiger partial charge in [0.1, 0.15) is 6.10 Å². The van der Waals surface area contributed by atoms with Crippen molar-refractivity contribution in [3.8, 4) is 0 Å². The fraction of sp³-hybridized carbons (Fsp3) is 0.625. The summed E-state index contributed by atoms with van der Waals surface area (Å²) in [6, 6.07) is 0. The van der Waals surface area contributed by atoms with Crippen LogP contribution in [0.2, 0.25) is 0 Å². The highest BCUT2D eigenvalue weighted by Crippen LogP contribution is 2.33. The zero-order chi connectivity index (χ0) is 7.56. The Hall–Kier alpha value is -0.630. The lowest BCUT2D eigenvalue weighted by Gasteiger charge is -2.04. The summed E-state index contributed by atoms with van der Waals surface area (Å²) >= 11 is 0. The minimum absolute atomic E-state index is 0.0856. The second-order valence-corrected chi connectivity index (χ2v) is 2.74. The van der Waals surface area contributed by atoms with Gasteiger partial charge in [-0.25, -0.2) is 0 Å². The summed E-state index contributed by atoms with van der Waals surface area (Å²) in [5, 5.41) is 9.19. The quantitative estimate of drug-likeness (QED) is 0.589. The Morgan fingerprint density at radius 3 is 2.80 bits per heavy atom. The molecule has 0 aromatic carbocycles. The van der Waals surface area contributed by atoms with Gasteiger partial charge in [-0.15, -0.1) is 6.58 Å². The maximum Gasteiger partial charge on any atom is 0.165 e. The molecular formula is C8H12O2. The van der Waals surface area contributed by atoms with Crippen LogP contribution in [-0.2, 0) is 4.79 Å². The molecule has 1 rings (SSSR count). The maximum absolute atomic E-state index is 10.9. The molecule has 0 bridgehead atoms. The van der Waals surface area contributed by atoms with E-state index in [9.17, 15) is 9.90 Å². The third-order valence-corrected chi connectivity index (χ3v) is 1.74. The largest absolute Gasteiger partial charge is 0.385 e. The molecule has 1 atom stereocenters. The number of hydrogen-bond acceptors (Lipinski definition) is 2. The van der Waals surface area contributed by atoms with Gasteiger partial charge in [0, 0.05) is 6.42 Å². The van der Waals surface area contributed by atoms with Crippen LogP contribution in [0.25, 0.3) is 0 Å². The lowest BCUT2D eigenvalue weighted by atomic mass is 10.1. The van der Waals surface area contributed by atoms with Crippen LogP contribution in [0.4, 0.5) is 0 Å². The Labute approximate surface area is 60.6 Å². The molecule has 56 valence electrons. The van der Waals surface area contributed by atoms with Gasteiger partial charge < -0.3 is 5.11 Å². The topological polar surface area (TPSA) is 37.3 Å². The maximum atomic E-state index is 10.9. The zero-order valence-electron chi connectivity index (χ0n) is 5.92. The lowest BCUT2D eigenvalue weighted by molar-refractivity contribution is -0.127. The van der Waals surface area contributed by atoms with Crippen LogP contribution in [0.1, 0.15) is 19.3 Å². The molecule has 1 unspecified atom stereocenters. The predicted molar refractivity (Wildman–Crippen MR) is 38.6 cm³/mol. The van der Waals surface area contributed by atoms with E-state index in [1.807, 2.05) is 0 Å². The van der Waals surface area contributed by atoms with Crippen molar-refractivity contribution < 1.29 is 9.90 Å². The first-order valence-corrected chi connectivity index (χ1v) is 3.57. The first-order chi connectivity index (χ1) is 4.75. The van der Waals surface area contributed by atoms with Gasteiger partial charge in [0.25, 0.3) is 0 Å². The van der Waals surface area contributed by atoms with E-state index in [2.05, 4.69) is 6.58 Å². The molecule has 1 N–H and O–H groups in total. The molecule has 0 aliphatic heterocycles. The standard InChI is InChI=1S/C8H12O2/c1-2-3-7(9)8(10)6-4-5-6/h2,6,8,10H,1,3-5H2. The van der Waals surface area contributed by atoms with Gasteiger partial charge in [-0.2, -0.15) is 0 Å². The van der Waals surface area contributed by atoms with Gasteiger partial charge in [0.2, 0.25) is 0 Å². The van der Waals surface area contributed by atoms with Gasteiger partial charge in [0.05, 0.1) is 0 Å². The minimum Gasteiger partial charge on any atom is -0.385 e. The molecule has 0 radical (unpaired) electrons. The van der Waals surface area contributed by atoms with E-state index in [0.29, 0.717) is 6.42 Å². The summed E-state index contributed by atoms with van der Waals surface area (Å²) in [6.07, 6.45) is 3.14. The van der Waals surface area contributed by atoms with E-state index in [1.165, 1.54) is 6.08 Å². The van der Waals surface area contributed by atoms with E-state index in [4.69, 9.17) is 0 Å². The van der Waals surface area contributed by atoms with Crippen LogP contribution in [0.15, 0.2) is 12.7 Å². The SMILES string of the molecule is C=CCC(=O)C(O)C1CC1. The van der Waals surface area contributed by atoms with E-state index in [1.54, 1.807) is 0 Å². The van der Waals surface area contributed by atoms with Gasteiger partial charge in [0.15, 0.2) is 5.78 Å². The molecule has 1 saturated carbocycles. The number of Topliss-reactive ketones (excluding diaryl/α,β-unsaturated/α-hetero) is 1. The molecule has 0 saturated heterocycles. The summed E-state index contributed by atoms with van der Waals surface area (Å²) < 4.78 is 0. The number of carbonyl (C=O) groups is 1. The number of rotatable bonds is 4. The molecule has 2 heteroatoms. The van der Waals surface area contributed by atoms with Crippen molar-refractivity contribution >= 4 is 5.78 Å². The van der Waals surface area contributed by atoms with Crippen molar-refractivity contribution in [2.24, 2.45) is 5.92 Å². The number of aliphatic hydroxyl groups is 1. The van der Waals surface area contributed by atoms with Gasteiger partial charge in [-0.3, -0.25) is 4.79 Å². The number of allylic oxidation sites excluding steroid dienone is 1. The van der Waals surface area contributed by atoms with Crippen LogP contribution in [0, 0.1) is 5.92 Å². The van der Waals surface area contributed by atoms with E-state index in [0.717, 1.165) is 12.8 Å². The zero-order valence-corrected chi connectivity index (χ0v) is 5.92. The predicted octanol–water partition coefficient (Wildman–Crippen LogP) is 0.902. The molecular weight excluding hydrogens is 128 g/mol. The van der Waals surface area contributed by atoms with E-state index < -0.39 is 6.10 Å². The Morgan fingerprint density at radius 1 is 1.80 bits per heavy atom. The molecule has 0 aromatic rings. The molecule has 1 aliphatic rings. The summed E-state index contributed by atoms with van der Waals surface area (Å²) in [6.45, 7) is 3.43. The summed E-state index contributed by atoms with van der Waals surface area (Å²) in [5.74, 6) is 0.171. The van der Waals surface area contributed by atoms with E-state index >= 15 is 0 Å². The van der Waals surface area contributed by atoms with Crippen LogP contribution < -0.4 is 0 Å². The van der Waals surface area contributed by atoms with Crippen molar-refractivity contribution in [2.45, 2.75) is 25.4 Å². The lowest BCUT2D eigenvalue weighted by Crippen LogP contribution is -2.21. The number of carbonyl (C=O) groups excluding carboxylic acids is 1. The summed E-state index contributed by atoms with van der Waals surface area (Å²) in [7, 11) is 0. The average Bonchev–Trinajstić information content (AvgIpc) is 2.68. The molecule has 0 spiro atoms. The highest BCUT2D eigenvalue weighted by Gasteiger charge is 2.33. The number of ketones is 1. The van der Waals surface area contributed by atoms with Gasteiger partial charge in [-0.05, 0) is 18.8 Å². The Morgan fingerprint density at radius 2 is 2.40 bits per heavy atom. The fourth-order valence-corrected chi connectivity index (χ4v) is 0.938. The number of hydrogen-bond donors (Lipinski definition) is 1. The van der Waals surface area contributed by atoms with Crippen LogP contribution in [-0.4, -0.2) is 17.0 Å². The molecule has 1 aliphatic carbocycles. The van der Waals surface area contributed by atoms with Crippen LogP contribution in [0.5, 0.6) is 0 Å². The summed E-state index contributed by atoms with van der Waals surface area (Å²) in [5.41, 5.74) is 0. The Balaban J connectivity index is 2.30. The van der Waals surface area contributed by atoms with Gasteiger partial charge in [-0.1, -0.05) is 6.08 Å². The van der Waals surface area contributed by atoms with E-state index in [-0.39, 0.29) is 11.7 Å². The van der Waals surface area contributed by atoms with Crippen molar-refractivity contribution in [3.05, 3.63) is 12.7 Å². The third-order valence-electron chi connectivity index (χ3n) is 1.74. The van der Waals surface area contributed by atoms with Gasteiger partial charge >= 0.3 is 0 Å². The molecule has 1 fully saturated rings. The second kappa shape index (κ2) is 2.97. The second-order valence-electron chi connectivity index (χ2n) is 2.74. The molecule has 0 amide bonds. The monoisotopic (exact) mass is 140 g/mol. The summed E-state index contributed by atoms with van der Waals surface area (Å²) in [4.78, 5) is 10.9. The van der Waals surface area contributed by atoms with Crippen molar-refractivity contribution in [1.82, 2.24) is 0 Å². The van der Waals surface area contributed by atoms with Crippen molar-refractivity contribution in [1.29, 1.82) is 0 Å². The number of aliphatic hydroxyl groups excluding tert-OH is 1. The highest BCUT2D eigenvalue weighted by atomic mass is 16.3. The highest BCUT2D eigenvalue weighted by molar-refractivity contribution is 5.84. The van der Waals surface area contributed by atoms with Crippen LogP contribution >= 0.6 is 0 Å². The first kappa shape index (κ1) is 7.48. The normalized spacial score (nSPS) is 20.1. The smallest absolute Gasteiger partial charge is 0.165 e. The molecule has 10 heavy (non-hydrogen) atoms. The molecule has 0 heterocycles. The van der Waals surface area contributed by atoms with Crippen LogP contribution in [0.3, 0.4) is 0 Å². The Bertz CT molecular complexity index is 147. The minimum atomic E-state index is -0.710. The fourth-order valence-electron chi connectivity index (χ4n) is 0.938. The first-order valence-electron chi connectivity index (χ1n) is 3.57. The van der Waals surface area contributed by atoms with Crippen molar-refractivity contribution in [2.75, 3.05) is 0 Å². The third kappa shape index (κ3) is 1.67.